The average Bonchev–Trinajstić information content (AvgIpc) is 2.78. The monoisotopic (exact) mass is 414 g/mol. The van der Waals surface area contributed by atoms with Gasteiger partial charge in [0.05, 0.1) is 5.69 Å². The second-order valence-corrected chi connectivity index (χ2v) is 7.17. The van der Waals surface area contributed by atoms with Gasteiger partial charge in [-0.25, -0.2) is 0 Å². The highest BCUT2D eigenvalue weighted by Crippen LogP contribution is 2.17. The summed E-state index contributed by atoms with van der Waals surface area (Å²) >= 11 is 0. The van der Waals surface area contributed by atoms with Gasteiger partial charge >= 0.3 is 0 Å². The second kappa shape index (κ2) is 9.17. The predicted octanol–water partition coefficient (Wildman–Crippen LogP) is 4.43. The number of amides is 1. The van der Waals surface area contributed by atoms with E-state index in [-0.39, 0.29) is 24.5 Å². The van der Waals surface area contributed by atoms with Crippen LogP contribution in [0.4, 0.5) is 5.69 Å². The van der Waals surface area contributed by atoms with Gasteiger partial charge in [0.25, 0.3) is 5.91 Å². The van der Waals surface area contributed by atoms with Crippen LogP contribution in [0.25, 0.3) is 10.9 Å². The summed E-state index contributed by atoms with van der Waals surface area (Å²) < 4.78 is 11.2. The molecule has 1 heterocycles. The van der Waals surface area contributed by atoms with Gasteiger partial charge in [-0.3, -0.25) is 9.59 Å². The zero-order valence-corrected chi connectivity index (χ0v) is 17.1. The number of benzene rings is 3. The van der Waals surface area contributed by atoms with Crippen molar-refractivity contribution in [3.8, 4) is 11.5 Å². The molecule has 0 saturated heterocycles. The Morgan fingerprint density at radius 1 is 0.903 bits per heavy atom. The lowest BCUT2D eigenvalue weighted by Crippen LogP contribution is -2.20. The number of aromatic nitrogens is 1. The number of nitrogens with one attached hydrogen (secondary N) is 2. The number of hydrogen-bond donors (Lipinski definition) is 2. The zero-order chi connectivity index (χ0) is 21.6. The molecule has 3 aromatic carbocycles. The van der Waals surface area contributed by atoms with Crippen molar-refractivity contribution in [2.24, 2.45) is 0 Å². The third kappa shape index (κ3) is 5.30. The summed E-state index contributed by atoms with van der Waals surface area (Å²) in [5.41, 5.74) is 3.20. The molecular weight excluding hydrogens is 392 g/mol. The Balaban J connectivity index is 1.30. The van der Waals surface area contributed by atoms with E-state index in [0.717, 1.165) is 11.1 Å². The number of rotatable bonds is 7. The Morgan fingerprint density at radius 2 is 1.58 bits per heavy atom. The third-order valence-corrected chi connectivity index (χ3v) is 4.72. The van der Waals surface area contributed by atoms with Crippen molar-refractivity contribution in [1.82, 2.24) is 4.98 Å². The lowest BCUT2D eigenvalue weighted by Gasteiger charge is -2.10. The largest absolute Gasteiger partial charge is 0.487 e. The summed E-state index contributed by atoms with van der Waals surface area (Å²) in [4.78, 5) is 27.5. The van der Waals surface area contributed by atoms with E-state index in [1.165, 1.54) is 0 Å². The fourth-order valence-corrected chi connectivity index (χ4v) is 3.11. The highest BCUT2D eigenvalue weighted by molar-refractivity contribution is 5.91. The lowest BCUT2D eigenvalue weighted by molar-refractivity contribution is -0.118. The minimum Gasteiger partial charge on any atom is -0.487 e. The molecule has 1 aromatic heterocycles. The Kier molecular flexibility index (Phi) is 5.98. The summed E-state index contributed by atoms with van der Waals surface area (Å²) in [5.74, 6) is 1.03. The van der Waals surface area contributed by atoms with Gasteiger partial charge in [-0.2, -0.15) is 0 Å². The molecule has 0 radical (unpaired) electrons. The summed E-state index contributed by atoms with van der Waals surface area (Å²) in [6.07, 6.45) is 0. The SMILES string of the molecule is Cc1ccc(OCC(=O)Nc2ccc(OCc3cc(=O)c4ccccc4[nH]3)cc2)cc1. The molecule has 2 N–H and O–H groups in total. The maximum absolute atomic E-state index is 12.2. The fraction of sp³-hybridized carbons (Fsp3) is 0.120. The number of ether oxygens (including phenoxy) is 2. The Morgan fingerprint density at radius 3 is 2.35 bits per heavy atom. The number of aromatic amines is 1. The number of carbonyl (C=O) groups excluding carboxylic acids is 1. The van der Waals surface area contributed by atoms with Crippen LogP contribution in [0.15, 0.2) is 83.7 Å². The third-order valence-electron chi connectivity index (χ3n) is 4.72. The molecule has 0 aliphatic carbocycles. The van der Waals surface area contributed by atoms with E-state index >= 15 is 0 Å². The first-order valence-corrected chi connectivity index (χ1v) is 9.90. The van der Waals surface area contributed by atoms with Gasteiger partial charge in [0, 0.05) is 22.7 Å². The molecule has 0 spiro atoms. The molecule has 0 aliphatic rings. The topological polar surface area (TPSA) is 80.4 Å². The van der Waals surface area contributed by atoms with E-state index < -0.39 is 0 Å². The average molecular weight is 414 g/mol. The molecule has 4 rings (SSSR count). The van der Waals surface area contributed by atoms with E-state index in [4.69, 9.17) is 9.47 Å². The molecule has 0 bridgehead atoms. The Labute approximate surface area is 179 Å². The lowest BCUT2D eigenvalue weighted by atomic mass is 10.2. The molecule has 0 fully saturated rings. The molecule has 156 valence electrons. The normalized spacial score (nSPS) is 10.6. The highest BCUT2D eigenvalue weighted by Gasteiger charge is 2.06. The molecule has 4 aromatic rings. The maximum Gasteiger partial charge on any atom is 0.262 e. The van der Waals surface area contributed by atoms with E-state index in [1.54, 1.807) is 36.4 Å². The molecule has 0 atom stereocenters. The molecule has 31 heavy (non-hydrogen) atoms. The highest BCUT2D eigenvalue weighted by atomic mass is 16.5. The van der Waals surface area contributed by atoms with Crippen molar-refractivity contribution in [2.45, 2.75) is 13.5 Å². The van der Waals surface area contributed by atoms with Crippen molar-refractivity contribution in [3.63, 3.8) is 0 Å². The van der Waals surface area contributed by atoms with Crippen LogP contribution in [0.1, 0.15) is 11.3 Å². The van der Waals surface area contributed by atoms with Gasteiger partial charge in [-0.1, -0.05) is 29.8 Å². The fourth-order valence-electron chi connectivity index (χ4n) is 3.11. The van der Waals surface area contributed by atoms with Gasteiger partial charge in [-0.05, 0) is 55.5 Å². The molecule has 0 saturated carbocycles. The van der Waals surface area contributed by atoms with Crippen molar-refractivity contribution in [1.29, 1.82) is 0 Å². The summed E-state index contributed by atoms with van der Waals surface area (Å²) in [5, 5.41) is 3.44. The standard InChI is InChI=1S/C25H22N2O4/c1-17-6-10-20(11-7-17)31-16-25(29)27-18-8-12-21(13-9-18)30-15-19-14-24(28)22-4-2-3-5-23(22)26-19/h2-14H,15-16H2,1H3,(H,26,28)(H,27,29). The van der Waals surface area contributed by atoms with Crippen LogP contribution in [-0.2, 0) is 11.4 Å². The molecule has 0 unspecified atom stereocenters. The van der Waals surface area contributed by atoms with Crippen LogP contribution in [0.2, 0.25) is 0 Å². The zero-order valence-electron chi connectivity index (χ0n) is 17.1. The van der Waals surface area contributed by atoms with Crippen LogP contribution in [-0.4, -0.2) is 17.5 Å². The van der Waals surface area contributed by atoms with Crippen LogP contribution in [0.5, 0.6) is 11.5 Å². The number of pyridine rings is 1. The van der Waals surface area contributed by atoms with Gasteiger partial charge in [0.2, 0.25) is 0 Å². The first kappa shape index (κ1) is 20.2. The number of anilines is 1. The van der Waals surface area contributed by atoms with Gasteiger partial charge in [0.1, 0.15) is 18.1 Å². The number of para-hydroxylation sites is 1. The number of H-pyrrole nitrogens is 1. The van der Waals surface area contributed by atoms with Gasteiger partial charge in [-0.15, -0.1) is 0 Å². The van der Waals surface area contributed by atoms with Gasteiger partial charge < -0.3 is 19.8 Å². The van der Waals surface area contributed by atoms with E-state index in [2.05, 4.69) is 10.3 Å². The first-order chi connectivity index (χ1) is 15.1. The quantitative estimate of drug-likeness (QED) is 0.469. The molecule has 1 amide bonds. The van der Waals surface area contributed by atoms with E-state index in [1.807, 2.05) is 49.4 Å². The van der Waals surface area contributed by atoms with E-state index in [0.29, 0.717) is 28.3 Å². The first-order valence-electron chi connectivity index (χ1n) is 9.90. The van der Waals surface area contributed by atoms with E-state index in [9.17, 15) is 9.59 Å². The Hall–Kier alpha value is -4.06. The molecular formula is C25H22N2O4. The van der Waals surface area contributed by atoms with Crippen molar-refractivity contribution in [2.75, 3.05) is 11.9 Å². The van der Waals surface area contributed by atoms with Crippen LogP contribution in [0.3, 0.4) is 0 Å². The summed E-state index contributed by atoms with van der Waals surface area (Å²) in [6.45, 7) is 2.15. The maximum atomic E-state index is 12.2. The summed E-state index contributed by atoms with van der Waals surface area (Å²) in [6, 6.07) is 23.5. The summed E-state index contributed by atoms with van der Waals surface area (Å²) in [7, 11) is 0. The smallest absolute Gasteiger partial charge is 0.262 e. The second-order valence-electron chi connectivity index (χ2n) is 7.17. The molecule has 0 aliphatic heterocycles. The minimum atomic E-state index is -0.247. The number of hydrogen-bond acceptors (Lipinski definition) is 4. The van der Waals surface area contributed by atoms with Crippen molar-refractivity contribution in [3.05, 3.63) is 100 Å². The number of aryl methyl sites for hydroxylation is 1. The van der Waals surface area contributed by atoms with Crippen LogP contribution < -0.4 is 20.2 Å². The van der Waals surface area contributed by atoms with Crippen molar-refractivity contribution < 1.29 is 14.3 Å². The molecule has 6 nitrogen and oxygen atoms in total. The minimum absolute atomic E-state index is 0.0427. The Bertz CT molecular complexity index is 1250. The molecule has 6 heteroatoms. The van der Waals surface area contributed by atoms with Crippen LogP contribution in [0, 0.1) is 6.92 Å². The van der Waals surface area contributed by atoms with Gasteiger partial charge in [0.15, 0.2) is 12.0 Å². The number of fused-ring (bicyclic) bond motifs is 1. The van der Waals surface area contributed by atoms with Crippen molar-refractivity contribution >= 4 is 22.5 Å². The van der Waals surface area contributed by atoms with Crippen LogP contribution >= 0.6 is 0 Å². The predicted molar refractivity (Wildman–Crippen MR) is 121 cm³/mol. The number of carbonyl (C=O) groups is 1.